The first-order valence-corrected chi connectivity index (χ1v) is 13.3. The van der Waals surface area contributed by atoms with Crippen LogP contribution in [0.25, 0.3) is 22.2 Å². The van der Waals surface area contributed by atoms with E-state index in [1.165, 1.54) is 18.2 Å². The van der Waals surface area contributed by atoms with Gasteiger partial charge in [0.25, 0.3) is 0 Å². The topological polar surface area (TPSA) is 83.5 Å². The molecule has 200 valence electrons. The monoisotopic (exact) mass is 546 g/mol. The summed E-state index contributed by atoms with van der Waals surface area (Å²) in [5.74, 6) is 0.0171. The van der Waals surface area contributed by atoms with Crippen molar-refractivity contribution in [2.24, 2.45) is 5.41 Å². The average molecular weight is 547 g/mol. The summed E-state index contributed by atoms with van der Waals surface area (Å²) in [5.41, 5.74) is 2.91. The number of rotatable bonds is 4. The van der Waals surface area contributed by atoms with Gasteiger partial charge >= 0.3 is 6.09 Å². The Morgan fingerprint density at radius 2 is 1.90 bits per heavy atom. The van der Waals surface area contributed by atoms with Gasteiger partial charge in [-0.2, -0.15) is 10.2 Å². The van der Waals surface area contributed by atoms with Gasteiger partial charge in [0.15, 0.2) is 0 Å². The number of anilines is 2. The van der Waals surface area contributed by atoms with Crippen LogP contribution in [0.4, 0.5) is 20.6 Å². The number of fused-ring (bicyclic) bond motifs is 1. The second-order valence-corrected chi connectivity index (χ2v) is 10.9. The van der Waals surface area contributed by atoms with Crippen molar-refractivity contribution in [3.63, 3.8) is 0 Å². The zero-order chi connectivity index (χ0) is 27.0. The number of nitrogens with zero attached hydrogens (tertiary/aromatic N) is 5. The van der Waals surface area contributed by atoms with Crippen LogP contribution in [-0.2, 0) is 0 Å². The van der Waals surface area contributed by atoms with Gasteiger partial charge in [0.2, 0.25) is 0 Å². The molecule has 8 nitrogen and oxygen atoms in total. The number of hydrogen-bond donors (Lipinski definition) is 1. The van der Waals surface area contributed by atoms with E-state index >= 15 is 0 Å². The lowest BCUT2D eigenvalue weighted by atomic mass is 9.78. The highest BCUT2D eigenvalue weighted by Gasteiger charge is 2.42. The maximum Gasteiger partial charge on any atom is 0.415 e. The number of hydrogen-bond acceptors (Lipinski definition) is 7. The van der Waals surface area contributed by atoms with Crippen molar-refractivity contribution in [3.8, 4) is 17.0 Å². The predicted octanol–water partition coefficient (Wildman–Crippen LogP) is 6.14. The number of aromatic nitrogens is 3. The highest BCUT2D eigenvalue weighted by Crippen LogP contribution is 2.40. The molecular weight excluding hydrogens is 519 g/mol. The first-order valence-electron chi connectivity index (χ1n) is 13.0. The van der Waals surface area contributed by atoms with Crippen LogP contribution in [0.2, 0.25) is 5.02 Å². The molecule has 2 aromatic carbocycles. The lowest BCUT2D eigenvalue weighted by molar-refractivity contribution is 0.119. The Hall–Kier alpha value is -3.82. The molecule has 4 heterocycles. The van der Waals surface area contributed by atoms with Crippen molar-refractivity contribution in [2.45, 2.75) is 19.3 Å². The van der Waals surface area contributed by atoms with Gasteiger partial charge in [-0.15, -0.1) is 0 Å². The first kappa shape index (κ1) is 25.5. The van der Waals surface area contributed by atoms with E-state index in [1.54, 1.807) is 30.6 Å². The van der Waals surface area contributed by atoms with Crippen molar-refractivity contribution >= 4 is 40.0 Å². The molecule has 2 aliphatic rings. The van der Waals surface area contributed by atoms with Crippen LogP contribution < -0.4 is 10.1 Å². The molecule has 1 spiro atoms. The maximum atomic E-state index is 14.4. The Morgan fingerprint density at radius 1 is 1.08 bits per heavy atom. The predicted molar refractivity (Wildman–Crippen MR) is 149 cm³/mol. The highest BCUT2D eigenvalue weighted by molar-refractivity contribution is 6.30. The molecule has 0 unspecified atom stereocenters. The fourth-order valence-electron chi connectivity index (χ4n) is 5.47. The second-order valence-electron chi connectivity index (χ2n) is 10.5. The number of ether oxygens (including phenoxy) is 1. The summed E-state index contributed by atoms with van der Waals surface area (Å²) in [7, 11) is 2.15. The van der Waals surface area contributed by atoms with E-state index in [9.17, 15) is 9.18 Å². The fraction of sp³-hybridized carbons (Fsp3) is 0.310. The van der Waals surface area contributed by atoms with Crippen molar-refractivity contribution < 1.29 is 13.9 Å². The number of nitrogens with one attached hydrogen (secondary N) is 1. The molecule has 2 fully saturated rings. The molecule has 0 aliphatic carbocycles. The molecule has 1 N–H and O–H groups in total. The SMILES string of the molecule is CN1CCC2(CC1)CCN(C(=O)Oc1ccc3c(Nc4cnnc(-c5cc(Cl)ccc5F)c4)ccnc3c1)C2. The normalized spacial score (nSPS) is 17.1. The van der Waals surface area contributed by atoms with Crippen LogP contribution in [0, 0.1) is 11.2 Å². The van der Waals surface area contributed by atoms with E-state index in [4.69, 9.17) is 16.3 Å². The molecule has 10 heteroatoms. The number of carbonyl (C=O) groups is 1. The molecule has 39 heavy (non-hydrogen) atoms. The molecule has 0 radical (unpaired) electrons. The summed E-state index contributed by atoms with van der Waals surface area (Å²) in [6, 6.07) is 13.2. The minimum atomic E-state index is -0.433. The summed E-state index contributed by atoms with van der Waals surface area (Å²) in [4.78, 5) is 21.6. The third-order valence-electron chi connectivity index (χ3n) is 7.80. The molecule has 0 bridgehead atoms. The van der Waals surface area contributed by atoms with Crippen molar-refractivity contribution in [3.05, 3.63) is 71.8 Å². The summed E-state index contributed by atoms with van der Waals surface area (Å²) < 4.78 is 20.1. The Bertz CT molecular complexity index is 1540. The van der Waals surface area contributed by atoms with Crippen LogP contribution in [0.15, 0.2) is 60.9 Å². The third kappa shape index (κ3) is 5.37. The smallest absolute Gasteiger partial charge is 0.410 e. The quantitative estimate of drug-likeness (QED) is 0.329. The standard InChI is InChI=1S/C29H28ClFN6O2/c1-36-11-7-29(8-12-36)9-13-37(18-29)28(38)39-21-3-4-22-25(6-10-32-26(22)16-21)34-20-15-27(35-33-17-20)23-14-19(30)2-5-24(23)31/h2-6,10,14-17H,7-9,11-13,18H2,1H3,(H,32,34,35). The minimum Gasteiger partial charge on any atom is -0.410 e. The average Bonchev–Trinajstić information content (AvgIpc) is 3.36. The Kier molecular flexibility index (Phi) is 6.78. The van der Waals surface area contributed by atoms with E-state index in [2.05, 4.69) is 32.4 Å². The van der Waals surface area contributed by atoms with Gasteiger partial charge in [-0.05, 0) is 87.3 Å². The largest absolute Gasteiger partial charge is 0.415 e. The molecule has 0 atom stereocenters. The van der Waals surface area contributed by atoms with Gasteiger partial charge in [0, 0.05) is 47.0 Å². The van der Waals surface area contributed by atoms with Gasteiger partial charge in [-0.1, -0.05) is 11.6 Å². The zero-order valence-corrected chi connectivity index (χ0v) is 22.3. The maximum absolute atomic E-state index is 14.4. The van der Waals surface area contributed by atoms with E-state index < -0.39 is 5.82 Å². The van der Waals surface area contributed by atoms with E-state index in [-0.39, 0.29) is 17.1 Å². The second kappa shape index (κ2) is 10.4. The summed E-state index contributed by atoms with van der Waals surface area (Å²) in [5, 5.41) is 12.6. The number of pyridine rings is 1. The van der Waals surface area contributed by atoms with Gasteiger partial charge in [-0.25, -0.2) is 9.18 Å². The Balaban J connectivity index is 1.17. The van der Waals surface area contributed by atoms with Crippen LogP contribution in [0.1, 0.15) is 19.3 Å². The Morgan fingerprint density at radius 3 is 2.74 bits per heavy atom. The number of benzene rings is 2. The summed E-state index contributed by atoms with van der Waals surface area (Å²) in [6.07, 6.45) is 6.17. The number of piperidine rings is 1. The number of likely N-dealkylation sites (tertiary alicyclic amines) is 2. The molecule has 4 aromatic rings. The molecule has 6 rings (SSSR count). The van der Waals surface area contributed by atoms with Crippen molar-refractivity contribution in [1.82, 2.24) is 25.0 Å². The highest BCUT2D eigenvalue weighted by atomic mass is 35.5. The summed E-state index contributed by atoms with van der Waals surface area (Å²) >= 11 is 6.05. The number of amides is 1. The van der Waals surface area contributed by atoms with Crippen molar-refractivity contribution in [1.29, 1.82) is 0 Å². The number of halogens is 2. The molecule has 0 saturated carbocycles. The Labute approximate surface area is 230 Å². The van der Waals surface area contributed by atoms with E-state index in [0.717, 1.165) is 56.5 Å². The van der Waals surface area contributed by atoms with E-state index in [0.29, 0.717) is 27.7 Å². The van der Waals surface area contributed by atoms with Crippen molar-refractivity contribution in [2.75, 3.05) is 38.5 Å². The van der Waals surface area contributed by atoms with E-state index in [1.807, 2.05) is 17.0 Å². The van der Waals surface area contributed by atoms with Gasteiger partial charge < -0.3 is 19.9 Å². The van der Waals surface area contributed by atoms with Crippen LogP contribution in [-0.4, -0.2) is 64.3 Å². The lowest BCUT2D eigenvalue weighted by Gasteiger charge is -2.37. The van der Waals surface area contributed by atoms with Crippen LogP contribution >= 0.6 is 11.6 Å². The van der Waals surface area contributed by atoms with Gasteiger partial charge in [0.1, 0.15) is 11.6 Å². The van der Waals surface area contributed by atoms with Gasteiger partial charge in [0.05, 0.1) is 23.1 Å². The minimum absolute atomic E-state index is 0.220. The molecule has 2 saturated heterocycles. The van der Waals surface area contributed by atoms with Crippen LogP contribution in [0.3, 0.4) is 0 Å². The zero-order valence-electron chi connectivity index (χ0n) is 21.5. The third-order valence-corrected chi connectivity index (χ3v) is 8.04. The molecule has 2 aliphatic heterocycles. The molecular formula is C29H28ClFN6O2. The first-order chi connectivity index (χ1) is 18.9. The molecule has 2 aromatic heterocycles. The number of carbonyl (C=O) groups excluding carboxylic acids is 1. The molecule has 1 amide bonds. The van der Waals surface area contributed by atoms with Gasteiger partial charge in [-0.3, -0.25) is 4.98 Å². The lowest BCUT2D eigenvalue weighted by Crippen LogP contribution is -2.41. The fourth-order valence-corrected chi connectivity index (χ4v) is 5.65. The summed E-state index contributed by atoms with van der Waals surface area (Å²) in [6.45, 7) is 3.62. The van der Waals surface area contributed by atoms with Crippen LogP contribution in [0.5, 0.6) is 5.75 Å².